The Morgan fingerprint density at radius 3 is 2.79 bits per heavy atom. The smallest absolute Gasteiger partial charge is 0.266 e. The maximum absolute atomic E-state index is 12.7. The molecule has 0 unspecified atom stereocenters. The van der Waals surface area contributed by atoms with Crippen molar-refractivity contribution in [3.8, 4) is 0 Å². The van der Waals surface area contributed by atoms with Crippen molar-refractivity contribution in [2.24, 2.45) is 0 Å². The highest BCUT2D eigenvalue weighted by Gasteiger charge is 2.32. The van der Waals surface area contributed by atoms with Crippen molar-refractivity contribution in [2.45, 2.75) is 19.4 Å². The minimum absolute atomic E-state index is 0.0953. The molecule has 152 valence electrons. The highest BCUT2D eigenvalue weighted by atomic mass is 32.2. The van der Waals surface area contributed by atoms with Gasteiger partial charge in [-0.05, 0) is 25.0 Å². The highest BCUT2D eigenvalue weighted by Crippen LogP contribution is 2.34. The van der Waals surface area contributed by atoms with Crippen LogP contribution in [0.15, 0.2) is 35.4 Å². The van der Waals surface area contributed by atoms with Crippen molar-refractivity contribution in [1.82, 2.24) is 14.4 Å². The Kier molecular flexibility index (Phi) is 6.03. The van der Waals surface area contributed by atoms with E-state index in [0.29, 0.717) is 28.9 Å². The minimum Gasteiger partial charge on any atom is -0.383 e. The van der Waals surface area contributed by atoms with E-state index in [1.165, 1.54) is 11.8 Å². The Bertz CT molecular complexity index is 992. The number of fused-ring (bicyclic) bond motifs is 1. The molecule has 6 nitrogen and oxygen atoms in total. The van der Waals surface area contributed by atoms with Crippen LogP contribution >= 0.6 is 24.0 Å². The molecule has 8 heteroatoms. The number of nitrogens with zero attached hydrogens (tertiary/aromatic N) is 3. The lowest BCUT2D eigenvalue weighted by Crippen LogP contribution is -2.31. The second-order valence-corrected chi connectivity index (χ2v) is 8.82. The monoisotopic (exact) mass is 429 g/mol. The number of thioether (sulfide) groups is 1. The molecule has 2 saturated heterocycles. The topological polar surface area (TPSA) is 54.8 Å². The van der Waals surface area contributed by atoms with Gasteiger partial charge in [0.25, 0.3) is 5.91 Å². The normalized spacial score (nSPS) is 18.6. The van der Waals surface area contributed by atoms with Crippen LogP contribution in [-0.2, 0) is 20.9 Å². The molecule has 0 spiro atoms. The van der Waals surface area contributed by atoms with E-state index in [4.69, 9.17) is 17.0 Å². The number of likely N-dealkylation sites (tertiary alicyclic amines) is 1. The van der Waals surface area contributed by atoms with Gasteiger partial charge < -0.3 is 14.2 Å². The van der Waals surface area contributed by atoms with Gasteiger partial charge in [0.1, 0.15) is 10.9 Å². The first kappa shape index (κ1) is 20.1. The van der Waals surface area contributed by atoms with Gasteiger partial charge in [-0.2, -0.15) is 0 Å². The standard InChI is InChI=1S/C21H23N3O3S2/c1-27-11-10-24-20(26)18(29-21(24)28)12-15-13-23(17-7-3-2-6-16(15)17)14-19(25)22-8-4-5-9-22/h2-3,6-7,12-13H,4-5,8-11,14H2,1H3/b18-12-. The van der Waals surface area contributed by atoms with Gasteiger partial charge in [0.15, 0.2) is 0 Å². The molecule has 0 bridgehead atoms. The fourth-order valence-corrected chi connectivity index (χ4v) is 5.05. The van der Waals surface area contributed by atoms with E-state index in [1.807, 2.05) is 46.0 Å². The number of para-hydroxylation sites is 1. The first-order chi connectivity index (χ1) is 14.1. The molecule has 0 N–H and O–H groups in total. The molecule has 0 saturated carbocycles. The predicted octanol–water partition coefficient (Wildman–Crippen LogP) is 3.11. The number of aromatic nitrogens is 1. The van der Waals surface area contributed by atoms with Crippen LogP contribution in [0, 0.1) is 0 Å². The van der Waals surface area contributed by atoms with Crippen molar-refractivity contribution in [2.75, 3.05) is 33.4 Å². The summed E-state index contributed by atoms with van der Waals surface area (Å²) in [4.78, 5) is 29.5. The Balaban J connectivity index is 1.63. The number of ether oxygens (including phenoxy) is 1. The number of benzene rings is 1. The van der Waals surface area contributed by atoms with E-state index in [1.54, 1.807) is 12.0 Å². The first-order valence-electron chi connectivity index (χ1n) is 9.68. The SMILES string of the molecule is COCCN1C(=O)/C(=C/c2cn(CC(=O)N3CCCC3)c3ccccc23)SC1=S. The van der Waals surface area contributed by atoms with Crippen LogP contribution in [0.25, 0.3) is 17.0 Å². The number of thiocarbonyl (C=S) groups is 1. The molecular weight excluding hydrogens is 406 g/mol. The average Bonchev–Trinajstić information content (AvgIpc) is 3.42. The lowest BCUT2D eigenvalue weighted by molar-refractivity contribution is -0.130. The quantitative estimate of drug-likeness (QED) is 0.522. The molecule has 0 atom stereocenters. The van der Waals surface area contributed by atoms with Crippen LogP contribution in [0.4, 0.5) is 0 Å². The Morgan fingerprint density at radius 1 is 1.28 bits per heavy atom. The Labute approximate surface area is 179 Å². The maximum atomic E-state index is 12.7. The summed E-state index contributed by atoms with van der Waals surface area (Å²) in [6.45, 7) is 2.88. The summed E-state index contributed by atoms with van der Waals surface area (Å²) in [5.41, 5.74) is 1.91. The van der Waals surface area contributed by atoms with Gasteiger partial charge in [-0.15, -0.1) is 0 Å². The van der Waals surface area contributed by atoms with Crippen LogP contribution in [0.5, 0.6) is 0 Å². The van der Waals surface area contributed by atoms with E-state index in [9.17, 15) is 9.59 Å². The van der Waals surface area contributed by atoms with Crippen molar-refractivity contribution in [1.29, 1.82) is 0 Å². The minimum atomic E-state index is -0.0953. The summed E-state index contributed by atoms with van der Waals surface area (Å²) >= 11 is 6.67. The lowest BCUT2D eigenvalue weighted by atomic mass is 10.1. The molecule has 2 amide bonds. The van der Waals surface area contributed by atoms with E-state index >= 15 is 0 Å². The number of hydrogen-bond donors (Lipinski definition) is 0. The van der Waals surface area contributed by atoms with E-state index in [0.717, 1.165) is 42.4 Å². The summed E-state index contributed by atoms with van der Waals surface area (Å²) in [6, 6.07) is 7.96. The molecular formula is C21H23N3O3S2. The maximum Gasteiger partial charge on any atom is 0.266 e. The highest BCUT2D eigenvalue weighted by molar-refractivity contribution is 8.26. The Hall–Kier alpha value is -2.16. The third-order valence-corrected chi connectivity index (χ3v) is 6.64. The van der Waals surface area contributed by atoms with E-state index in [2.05, 4.69) is 0 Å². The summed E-state index contributed by atoms with van der Waals surface area (Å²) in [7, 11) is 1.60. The summed E-state index contributed by atoms with van der Waals surface area (Å²) in [5.74, 6) is 0.0442. The first-order valence-corrected chi connectivity index (χ1v) is 10.9. The van der Waals surface area contributed by atoms with E-state index in [-0.39, 0.29) is 11.8 Å². The molecule has 2 fully saturated rings. The third kappa shape index (κ3) is 4.10. The summed E-state index contributed by atoms with van der Waals surface area (Å²) in [5, 5.41) is 1.02. The van der Waals surface area contributed by atoms with Gasteiger partial charge in [0.2, 0.25) is 5.91 Å². The van der Waals surface area contributed by atoms with Crippen molar-refractivity contribution < 1.29 is 14.3 Å². The van der Waals surface area contributed by atoms with Crippen molar-refractivity contribution in [3.05, 3.63) is 40.9 Å². The Morgan fingerprint density at radius 2 is 2.03 bits per heavy atom. The third-order valence-electron chi connectivity index (χ3n) is 5.26. The second-order valence-electron chi connectivity index (χ2n) is 7.14. The fourth-order valence-electron chi connectivity index (χ4n) is 3.75. The van der Waals surface area contributed by atoms with Crippen molar-refractivity contribution >= 4 is 57.1 Å². The lowest BCUT2D eigenvalue weighted by Gasteiger charge is -2.15. The molecule has 2 aliphatic heterocycles. The number of carbonyl (C=O) groups is 2. The summed E-state index contributed by atoms with van der Waals surface area (Å²) < 4.78 is 7.60. The predicted molar refractivity (Wildman–Crippen MR) is 120 cm³/mol. The van der Waals surface area contributed by atoms with Crippen LogP contribution < -0.4 is 0 Å². The van der Waals surface area contributed by atoms with Crippen LogP contribution in [0.2, 0.25) is 0 Å². The average molecular weight is 430 g/mol. The van der Waals surface area contributed by atoms with Gasteiger partial charge in [-0.3, -0.25) is 14.5 Å². The largest absolute Gasteiger partial charge is 0.383 e. The molecule has 1 aromatic heterocycles. The van der Waals surface area contributed by atoms with Gasteiger partial charge in [0, 0.05) is 42.9 Å². The number of carbonyl (C=O) groups excluding carboxylic acids is 2. The second kappa shape index (κ2) is 8.69. The zero-order chi connectivity index (χ0) is 20.4. The molecule has 2 aromatic rings. The van der Waals surface area contributed by atoms with E-state index < -0.39 is 0 Å². The number of methoxy groups -OCH3 is 1. The molecule has 29 heavy (non-hydrogen) atoms. The zero-order valence-electron chi connectivity index (χ0n) is 16.3. The van der Waals surface area contributed by atoms with Gasteiger partial charge in [-0.1, -0.05) is 42.2 Å². The van der Waals surface area contributed by atoms with Crippen LogP contribution in [0.3, 0.4) is 0 Å². The fraction of sp³-hybridized carbons (Fsp3) is 0.381. The molecule has 1 aromatic carbocycles. The number of rotatable bonds is 6. The van der Waals surface area contributed by atoms with Gasteiger partial charge in [-0.25, -0.2) is 0 Å². The number of amides is 2. The molecule has 4 rings (SSSR count). The summed E-state index contributed by atoms with van der Waals surface area (Å²) in [6.07, 6.45) is 5.99. The zero-order valence-corrected chi connectivity index (χ0v) is 17.9. The molecule has 2 aliphatic rings. The van der Waals surface area contributed by atoms with Crippen LogP contribution in [-0.4, -0.2) is 63.9 Å². The van der Waals surface area contributed by atoms with Gasteiger partial charge >= 0.3 is 0 Å². The molecule has 0 aliphatic carbocycles. The van der Waals surface area contributed by atoms with Crippen molar-refractivity contribution in [3.63, 3.8) is 0 Å². The molecule has 3 heterocycles. The van der Waals surface area contributed by atoms with Gasteiger partial charge in [0.05, 0.1) is 18.1 Å². The number of hydrogen-bond acceptors (Lipinski definition) is 5. The molecule has 0 radical (unpaired) electrons. The van der Waals surface area contributed by atoms with Crippen LogP contribution in [0.1, 0.15) is 18.4 Å².